The molecule has 1 fully saturated rings. The van der Waals surface area contributed by atoms with Crippen LogP contribution >= 0.6 is 0 Å². The van der Waals surface area contributed by atoms with Crippen molar-refractivity contribution >= 4 is 15.7 Å². The molecule has 0 saturated carbocycles. The van der Waals surface area contributed by atoms with E-state index >= 15 is 0 Å². The molecule has 0 bridgehead atoms. The summed E-state index contributed by atoms with van der Waals surface area (Å²) in [7, 11) is -2.59. The maximum Gasteiger partial charge on any atom is 0.273 e. The van der Waals surface area contributed by atoms with E-state index in [1.165, 1.54) is 13.2 Å². The predicted octanol–water partition coefficient (Wildman–Crippen LogP) is 2.02. The molecule has 2 rings (SSSR count). The van der Waals surface area contributed by atoms with E-state index in [-0.39, 0.29) is 28.9 Å². The van der Waals surface area contributed by atoms with Crippen LogP contribution in [0.25, 0.3) is 0 Å². The lowest BCUT2D eigenvalue weighted by atomic mass is 9.92. The third kappa shape index (κ3) is 5.40. The highest BCUT2D eigenvalue weighted by Crippen LogP contribution is 2.28. The quantitative estimate of drug-likeness (QED) is 0.460. The largest absolute Gasteiger partial charge is 0.495 e. The zero-order valence-corrected chi connectivity index (χ0v) is 17.4. The van der Waals surface area contributed by atoms with Crippen LogP contribution in [0.15, 0.2) is 23.1 Å². The first-order valence-electron chi connectivity index (χ1n) is 9.47. The Morgan fingerprint density at radius 2 is 1.93 bits per heavy atom. The fourth-order valence-electron chi connectivity index (χ4n) is 3.60. The van der Waals surface area contributed by atoms with Crippen LogP contribution in [0, 0.1) is 16.0 Å². The zero-order chi connectivity index (χ0) is 20.7. The molecule has 1 atom stereocenters. The minimum atomic E-state index is -3.88. The van der Waals surface area contributed by atoms with Crippen molar-refractivity contribution in [2.75, 3.05) is 40.0 Å². The van der Waals surface area contributed by atoms with Gasteiger partial charge in [-0.2, -0.15) is 0 Å². The minimum Gasteiger partial charge on any atom is -0.495 e. The second kappa shape index (κ2) is 10.1. The van der Waals surface area contributed by atoms with Crippen molar-refractivity contribution in [3.63, 3.8) is 0 Å². The van der Waals surface area contributed by atoms with Crippen molar-refractivity contribution in [2.45, 2.75) is 37.6 Å². The van der Waals surface area contributed by atoms with Crippen LogP contribution in [0.1, 0.15) is 26.7 Å². The van der Waals surface area contributed by atoms with Crippen molar-refractivity contribution < 1.29 is 22.8 Å². The van der Waals surface area contributed by atoms with Crippen molar-refractivity contribution in [3.8, 4) is 5.75 Å². The Morgan fingerprint density at radius 1 is 1.29 bits per heavy atom. The summed E-state index contributed by atoms with van der Waals surface area (Å²) in [5.41, 5.74) is -0.223. The fraction of sp³-hybridized carbons (Fsp3) is 0.667. The van der Waals surface area contributed by atoms with Crippen LogP contribution in [0.2, 0.25) is 0 Å². The Hall–Kier alpha value is -1.75. The fourth-order valence-corrected chi connectivity index (χ4v) is 4.80. The van der Waals surface area contributed by atoms with Gasteiger partial charge in [0.2, 0.25) is 10.0 Å². The van der Waals surface area contributed by atoms with Crippen LogP contribution in [0.4, 0.5) is 5.69 Å². The van der Waals surface area contributed by atoms with E-state index in [1.807, 2.05) is 0 Å². The van der Waals surface area contributed by atoms with Gasteiger partial charge in [0.15, 0.2) is 0 Å². The molecule has 1 saturated heterocycles. The summed E-state index contributed by atoms with van der Waals surface area (Å²) in [6.07, 6.45) is 1.89. The van der Waals surface area contributed by atoms with Gasteiger partial charge in [-0.05, 0) is 12.0 Å². The number of morpholine rings is 1. The van der Waals surface area contributed by atoms with Gasteiger partial charge in [-0.15, -0.1) is 0 Å². The molecule has 1 aromatic rings. The van der Waals surface area contributed by atoms with E-state index in [0.29, 0.717) is 19.1 Å². The Bertz CT molecular complexity index is 761. The molecule has 1 aliphatic rings. The summed E-state index contributed by atoms with van der Waals surface area (Å²) < 4.78 is 38.9. The zero-order valence-electron chi connectivity index (χ0n) is 16.6. The molecular weight excluding hydrogens is 386 g/mol. The molecule has 0 aliphatic carbocycles. The number of ether oxygens (including phenoxy) is 2. The van der Waals surface area contributed by atoms with Gasteiger partial charge >= 0.3 is 0 Å². The lowest BCUT2D eigenvalue weighted by Crippen LogP contribution is -2.52. The molecule has 28 heavy (non-hydrogen) atoms. The molecule has 1 heterocycles. The second-order valence-electron chi connectivity index (χ2n) is 6.74. The molecule has 1 aromatic carbocycles. The van der Waals surface area contributed by atoms with E-state index in [2.05, 4.69) is 23.5 Å². The number of nitro benzene ring substituents is 1. The Morgan fingerprint density at radius 3 is 2.46 bits per heavy atom. The summed E-state index contributed by atoms with van der Waals surface area (Å²) in [4.78, 5) is 12.5. The van der Waals surface area contributed by atoms with Crippen LogP contribution in [-0.4, -0.2) is 64.2 Å². The average molecular weight is 416 g/mol. The van der Waals surface area contributed by atoms with Gasteiger partial charge in [0, 0.05) is 31.7 Å². The van der Waals surface area contributed by atoms with Gasteiger partial charge in [0.05, 0.1) is 31.3 Å². The topological polar surface area (TPSA) is 111 Å². The van der Waals surface area contributed by atoms with Crippen LogP contribution in [0.3, 0.4) is 0 Å². The van der Waals surface area contributed by atoms with E-state index in [0.717, 1.165) is 38.1 Å². The first-order valence-corrected chi connectivity index (χ1v) is 11.0. The van der Waals surface area contributed by atoms with E-state index < -0.39 is 14.9 Å². The van der Waals surface area contributed by atoms with Crippen LogP contribution in [0.5, 0.6) is 5.75 Å². The van der Waals surface area contributed by atoms with E-state index in [4.69, 9.17) is 9.47 Å². The maximum atomic E-state index is 12.9. The molecule has 9 nitrogen and oxygen atoms in total. The lowest BCUT2D eigenvalue weighted by molar-refractivity contribution is -0.385. The van der Waals surface area contributed by atoms with Gasteiger partial charge in [-0.1, -0.05) is 26.7 Å². The molecule has 1 N–H and O–H groups in total. The SMILES string of the molecule is CCC(CC)C(CNS(=O)(=O)c1ccc([N+](=O)[O-])cc1OC)N1CCOCC1. The summed E-state index contributed by atoms with van der Waals surface area (Å²) in [6.45, 7) is 7.28. The molecule has 0 radical (unpaired) electrons. The number of methoxy groups -OCH3 is 1. The highest BCUT2D eigenvalue weighted by Gasteiger charge is 2.29. The Labute approximate surface area is 166 Å². The lowest BCUT2D eigenvalue weighted by Gasteiger charge is -2.38. The predicted molar refractivity (Wildman–Crippen MR) is 105 cm³/mol. The van der Waals surface area contributed by atoms with Gasteiger partial charge in [-0.25, -0.2) is 13.1 Å². The number of benzene rings is 1. The maximum absolute atomic E-state index is 12.9. The number of non-ortho nitro benzene ring substituents is 1. The van der Waals surface area contributed by atoms with Gasteiger partial charge in [0.25, 0.3) is 5.69 Å². The highest BCUT2D eigenvalue weighted by atomic mass is 32.2. The Balaban J connectivity index is 2.22. The molecule has 1 unspecified atom stereocenters. The standard InChI is InChI=1S/C18H29N3O6S/c1-4-14(5-2)16(20-8-10-27-11-9-20)13-19-28(24,25)18-7-6-15(21(22)23)12-17(18)26-3/h6-7,12,14,16,19H,4-5,8-11,13H2,1-3H3. The third-order valence-corrected chi connectivity index (χ3v) is 6.70. The van der Waals surface area contributed by atoms with E-state index in [1.54, 1.807) is 0 Å². The number of hydrogen-bond donors (Lipinski definition) is 1. The highest BCUT2D eigenvalue weighted by molar-refractivity contribution is 7.89. The smallest absolute Gasteiger partial charge is 0.273 e. The third-order valence-electron chi connectivity index (χ3n) is 5.24. The minimum absolute atomic E-state index is 0.0489. The molecule has 1 aliphatic heterocycles. The van der Waals surface area contributed by atoms with Gasteiger partial charge in [-0.3, -0.25) is 15.0 Å². The first-order chi connectivity index (χ1) is 13.3. The number of nitrogens with one attached hydrogen (secondary N) is 1. The summed E-state index contributed by atoms with van der Waals surface area (Å²) >= 11 is 0. The number of hydrogen-bond acceptors (Lipinski definition) is 7. The van der Waals surface area contributed by atoms with Crippen LogP contribution < -0.4 is 9.46 Å². The molecule has 0 spiro atoms. The number of rotatable bonds is 10. The Kier molecular flexibility index (Phi) is 8.17. The monoisotopic (exact) mass is 415 g/mol. The molecule has 158 valence electrons. The van der Waals surface area contributed by atoms with Crippen molar-refractivity contribution in [2.24, 2.45) is 5.92 Å². The van der Waals surface area contributed by atoms with E-state index in [9.17, 15) is 18.5 Å². The summed E-state index contributed by atoms with van der Waals surface area (Å²) in [6, 6.07) is 3.55. The van der Waals surface area contributed by atoms with Crippen molar-refractivity contribution in [1.29, 1.82) is 0 Å². The van der Waals surface area contributed by atoms with Crippen molar-refractivity contribution in [3.05, 3.63) is 28.3 Å². The average Bonchev–Trinajstić information content (AvgIpc) is 2.71. The van der Waals surface area contributed by atoms with Crippen molar-refractivity contribution in [1.82, 2.24) is 9.62 Å². The number of nitrogens with zero attached hydrogens (tertiary/aromatic N) is 2. The van der Waals surface area contributed by atoms with Crippen LogP contribution in [-0.2, 0) is 14.8 Å². The normalized spacial score (nSPS) is 16.9. The molecule has 0 amide bonds. The second-order valence-corrected chi connectivity index (χ2v) is 8.47. The molecule has 10 heteroatoms. The molecular formula is C18H29N3O6S. The molecule has 0 aromatic heterocycles. The number of nitro groups is 1. The number of sulfonamides is 1. The first kappa shape index (κ1) is 22.5. The summed E-state index contributed by atoms with van der Waals surface area (Å²) in [5, 5.41) is 10.9. The van der Waals surface area contributed by atoms with Gasteiger partial charge in [0.1, 0.15) is 10.6 Å². The van der Waals surface area contributed by atoms with Gasteiger partial charge < -0.3 is 9.47 Å². The summed E-state index contributed by atoms with van der Waals surface area (Å²) in [5.74, 6) is 0.298.